The van der Waals surface area contributed by atoms with Crippen molar-refractivity contribution in [3.8, 4) is 5.75 Å². The van der Waals surface area contributed by atoms with Gasteiger partial charge in [0.2, 0.25) is 17.7 Å². The van der Waals surface area contributed by atoms with Crippen LogP contribution < -0.4 is 22.1 Å². The number of likely N-dealkylation sites (tertiary alicyclic amines) is 1. The van der Waals surface area contributed by atoms with Gasteiger partial charge in [-0.05, 0) is 68.7 Å². The van der Waals surface area contributed by atoms with E-state index in [4.69, 9.17) is 11.5 Å². The minimum atomic E-state index is -1.07. The van der Waals surface area contributed by atoms with Crippen LogP contribution in [0.1, 0.15) is 51.5 Å². The van der Waals surface area contributed by atoms with Crippen LogP contribution in [0.25, 0.3) is 0 Å². The summed E-state index contributed by atoms with van der Waals surface area (Å²) in [5, 5.41) is 24.3. The number of hydrogen-bond donors (Lipinski definition) is 6. The maximum atomic E-state index is 13.2. The number of carbonyl (C=O) groups is 4. The number of carbonyl (C=O) groups excluding carboxylic acids is 3. The number of aromatic hydroxyl groups is 1. The third-order valence-electron chi connectivity index (χ3n) is 6.36. The number of aliphatic carboxylic acids is 1. The van der Waals surface area contributed by atoms with Crippen LogP contribution in [0.15, 0.2) is 24.3 Å². The fourth-order valence-corrected chi connectivity index (χ4v) is 4.27. The van der Waals surface area contributed by atoms with Crippen LogP contribution in [0.2, 0.25) is 0 Å². The molecule has 1 aliphatic rings. The maximum Gasteiger partial charge on any atom is 0.326 e. The average molecular weight is 506 g/mol. The molecule has 200 valence electrons. The Morgan fingerprint density at radius 1 is 1.08 bits per heavy atom. The molecule has 3 amide bonds. The zero-order valence-electron chi connectivity index (χ0n) is 21.0. The molecule has 36 heavy (non-hydrogen) atoms. The Labute approximate surface area is 211 Å². The van der Waals surface area contributed by atoms with E-state index in [1.807, 2.05) is 0 Å². The normalized spacial score (nSPS) is 17.9. The number of rotatable bonds is 13. The fraction of sp³-hybridized carbons (Fsp3) is 0.600. The second-order valence-electron chi connectivity index (χ2n) is 9.58. The van der Waals surface area contributed by atoms with Gasteiger partial charge in [-0.25, -0.2) is 4.79 Å². The lowest BCUT2D eigenvalue weighted by molar-refractivity contribution is -0.149. The summed E-state index contributed by atoms with van der Waals surface area (Å²) in [6.07, 6.45) is 2.70. The molecule has 0 spiro atoms. The molecule has 1 saturated heterocycles. The molecule has 0 saturated carbocycles. The summed E-state index contributed by atoms with van der Waals surface area (Å²) in [6.45, 7) is 4.28. The number of benzene rings is 1. The van der Waals surface area contributed by atoms with Crippen molar-refractivity contribution in [2.75, 3.05) is 13.1 Å². The zero-order chi connectivity index (χ0) is 26.8. The minimum Gasteiger partial charge on any atom is -0.508 e. The third kappa shape index (κ3) is 8.20. The number of nitrogens with one attached hydrogen (secondary N) is 2. The van der Waals surface area contributed by atoms with Gasteiger partial charge in [0.25, 0.3) is 0 Å². The van der Waals surface area contributed by atoms with E-state index < -0.39 is 47.9 Å². The topological polar surface area (TPSA) is 188 Å². The number of nitrogens with zero attached hydrogens (tertiary/aromatic N) is 1. The van der Waals surface area contributed by atoms with Crippen molar-refractivity contribution in [3.63, 3.8) is 0 Å². The largest absolute Gasteiger partial charge is 0.508 e. The van der Waals surface area contributed by atoms with Crippen LogP contribution in [0, 0.1) is 5.92 Å². The number of amides is 3. The molecular weight excluding hydrogens is 466 g/mol. The second kappa shape index (κ2) is 13.8. The summed E-state index contributed by atoms with van der Waals surface area (Å²) in [7, 11) is 0. The molecule has 8 N–H and O–H groups in total. The third-order valence-corrected chi connectivity index (χ3v) is 6.36. The smallest absolute Gasteiger partial charge is 0.326 e. The lowest BCUT2D eigenvalue weighted by Crippen LogP contribution is -2.58. The summed E-state index contributed by atoms with van der Waals surface area (Å²) < 4.78 is 0. The van der Waals surface area contributed by atoms with Crippen LogP contribution in [0.5, 0.6) is 5.75 Å². The van der Waals surface area contributed by atoms with Crippen LogP contribution in [-0.2, 0) is 25.6 Å². The first-order chi connectivity index (χ1) is 17.0. The summed E-state index contributed by atoms with van der Waals surface area (Å²) in [4.78, 5) is 52.1. The Balaban J connectivity index is 2.09. The van der Waals surface area contributed by atoms with Gasteiger partial charge in [0.15, 0.2) is 0 Å². The molecule has 0 bridgehead atoms. The van der Waals surface area contributed by atoms with E-state index in [1.165, 1.54) is 17.0 Å². The quantitative estimate of drug-likeness (QED) is 0.203. The predicted octanol–water partition coefficient (Wildman–Crippen LogP) is 0.0922. The van der Waals surface area contributed by atoms with Crippen LogP contribution in [0.4, 0.5) is 0 Å². The zero-order valence-corrected chi connectivity index (χ0v) is 21.0. The van der Waals surface area contributed by atoms with E-state index >= 15 is 0 Å². The van der Waals surface area contributed by atoms with E-state index in [-0.39, 0.29) is 18.1 Å². The second-order valence-corrected chi connectivity index (χ2v) is 9.58. The summed E-state index contributed by atoms with van der Waals surface area (Å²) in [5.74, 6) is -2.76. The molecule has 4 atom stereocenters. The Morgan fingerprint density at radius 2 is 1.75 bits per heavy atom. The van der Waals surface area contributed by atoms with Crippen molar-refractivity contribution in [2.45, 2.75) is 76.5 Å². The molecule has 2 rings (SSSR count). The molecule has 1 fully saturated rings. The fourth-order valence-electron chi connectivity index (χ4n) is 4.27. The van der Waals surface area contributed by atoms with Crippen LogP contribution in [-0.4, -0.2) is 76.1 Å². The number of carboxylic acid groups (broad SMARTS) is 1. The van der Waals surface area contributed by atoms with Gasteiger partial charge >= 0.3 is 5.97 Å². The number of hydrogen-bond acceptors (Lipinski definition) is 7. The van der Waals surface area contributed by atoms with Gasteiger partial charge in [-0.2, -0.15) is 0 Å². The number of phenolic OH excluding ortho intramolecular Hbond substituents is 1. The first-order valence-corrected chi connectivity index (χ1v) is 12.4. The molecule has 4 unspecified atom stereocenters. The van der Waals surface area contributed by atoms with Crippen molar-refractivity contribution < 1.29 is 29.4 Å². The Kier molecular flexibility index (Phi) is 11.1. The summed E-state index contributed by atoms with van der Waals surface area (Å²) >= 11 is 0. The molecule has 0 aromatic heterocycles. The van der Waals surface area contributed by atoms with Gasteiger partial charge in [-0.1, -0.05) is 26.0 Å². The number of unbranched alkanes of at least 4 members (excludes halogenated alkanes) is 1. The van der Waals surface area contributed by atoms with Gasteiger partial charge in [-0.15, -0.1) is 0 Å². The van der Waals surface area contributed by atoms with Crippen molar-refractivity contribution in [3.05, 3.63) is 29.8 Å². The van der Waals surface area contributed by atoms with Gasteiger partial charge in [-0.3, -0.25) is 14.4 Å². The molecule has 1 aliphatic heterocycles. The summed E-state index contributed by atoms with van der Waals surface area (Å²) in [5.41, 5.74) is 12.4. The van der Waals surface area contributed by atoms with E-state index in [2.05, 4.69) is 10.6 Å². The highest BCUT2D eigenvalue weighted by molar-refractivity contribution is 5.94. The molecular formula is C25H39N5O6. The molecule has 0 aliphatic carbocycles. The number of phenols is 1. The standard InChI is InChI=1S/C25H39N5O6/c1-15(2)21(29-22(32)18(27)14-16-8-10-17(31)11-9-16)23(33)28-19(6-3-4-12-26)24(34)30-13-5-7-20(30)25(35)36/h8-11,15,18-21,31H,3-7,12-14,26-27H2,1-2H3,(H,28,33)(H,29,32)(H,35,36). The van der Waals surface area contributed by atoms with Gasteiger partial charge in [0.1, 0.15) is 23.9 Å². The minimum absolute atomic E-state index is 0.104. The van der Waals surface area contributed by atoms with E-state index in [9.17, 15) is 29.4 Å². The molecule has 1 aromatic rings. The first-order valence-electron chi connectivity index (χ1n) is 12.4. The maximum absolute atomic E-state index is 13.2. The molecule has 1 heterocycles. The van der Waals surface area contributed by atoms with Crippen molar-refractivity contribution >= 4 is 23.7 Å². The lowest BCUT2D eigenvalue weighted by Gasteiger charge is -2.30. The highest BCUT2D eigenvalue weighted by atomic mass is 16.4. The Bertz CT molecular complexity index is 907. The van der Waals surface area contributed by atoms with Crippen LogP contribution in [0.3, 0.4) is 0 Å². The Morgan fingerprint density at radius 3 is 2.33 bits per heavy atom. The van der Waals surface area contributed by atoms with Gasteiger partial charge in [0, 0.05) is 6.54 Å². The molecule has 0 radical (unpaired) electrons. The highest BCUT2D eigenvalue weighted by Gasteiger charge is 2.38. The number of nitrogens with two attached hydrogens (primary N) is 2. The van der Waals surface area contributed by atoms with Crippen molar-refractivity contribution in [2.24, 2.45) is 17.4 Å². The predicted molar refractivity (Wildman–Crippen MR) is 134 cm³/mol. The van der Waals surface area contributed by atoms with Crippen molar-refractivity contribution in [1.29, 1.82) is 0 Å². The van der Waals surface area contributed by atoms with E-state index in [0.29, 0.717) is 45.2 Å². The monoisotopic (exact) mass is 505 g/mol. The average Bonchev–Trinajstić information content (AvgIpc) is 3.33. The molecule has 11 nitrogen and oxygen atoms in total. The van der Waals surface area contributed by atoms with Crippen LogP contribution >= 0.6 is 0 Å². The number of carboxylic acids is 1. The molecule has 11 heteroatoms. The molecule has 1 aromatic carbocycles. The first kappa shape index (κ1) is 29.1. The Hall–Kier alpha value is -3.18. The SMILES string of the molecule is CC(C)C(NC(=O)C(N)Cc1ccc(O)cc1)C(=O)NC(CCCCN)C(=O)N1CCCC1C(=O)O. The highest BCUT2D eigenvalue weighted by Crippen LogP contribution is 2.20. The van der Waals surface area contributed by atoms with E-state index in [0.717, 1.165) is 5.56 Å². The summed E-state index contributed by atoms with van der Waals surface area (Å²) in [6, 6.07) is 2.62. The van der Waals surface area contributed by atoms with Gasteiger partial charge < -0.3 is 37.2 Å². The van der Waals surface area contributed by atoms with Gasteiger partial charge in [0.05, 0.1) is 6.04 Å². The lowest BCUT2D eigenvalue weighted by atomic mass is 10.00. The van der Waals surface area contributed by atoms with E-state index in [1.54, 1.807) is 26.0 Å². The van der Waals surface area contributed by atoms with Crippen molar-refractivity contribution in [1.82, 2.24) is 15.5 Å².